The fraction of sp³-hybridized carbons (Fsp3) is 0.364. The first-order valence-corrected chi connectivity index (χ1v) is 10.0. The number of pyridine rings is 1. The van der Waals surface area contributed by atoms with Crippen LogP contribution >= 0.6 is 0 Å². The number of para-hydroxylation sites is 1. The third kappa shape index (κ3) is 2.95. The minimum Gasteiger partial charge on any atom is -0.494 e. The van der Waals surface area contributed by atoms with Gasteiger partial charge in [0.05, 0.1) is 12.7 Å². The molecule has 3 aromatic heterocycles. The van der Waals surface area contributed by atoms with Crippen LogP contribution in [0.25, 0.3) is 16.6 Å². The van der Waals surface area contributed by atoms with Gasteiger partial charge in [0.25, 0.3) is 0 Å². The summed E-state index contributed by atoms with van der Waals surface area (Å²) in [5, 5.41) is 15.6. The van der Waals surface area contributed by atoms with Gasteiger partial charge < -0.3 is 15.6 Å². The van der Waals surface area contributed by atoms with Crippen molar-refractivity contribution in [3.63, 3.8) is 0 Å². The van der Waals surface area contributed by atoms with Crippen LogP contribution in [0.2, 0.25) is 0 Å². The SMILES string of the molecule is COc1cccc2c1nc(N)n1nc([C@H]3C[C@@H](c4ccc(C(C)(C)O)cn4)C3)nc21. The minimum atomic E-state index is -0.881. The van der Waals surface area contributed by atoms with Gasteiger partial charge in [-0.25, -0.2) is 9.97 Å². The molecule has 4 aromatic rings. The molecule has 1 fully saturated rings. The van der Waals surface area contributed by atoms with Crippen LogP contribution in [-0.2, 0) is 5.60 Å². The van der Waals surface area contributed by atoms with E-state index in [1.807, 2.05) is 30.3 Å². The fourth-order valence-electron chi connectivity index (χ4n) is 4.06. The zero-order valence-corrected chi connectivity index (χ0v) is 17.2. The lowest BCUT2D eigenvalue weighted by molar-refractivity contribution is 0.0781. The van der Waals surface area contributed by atoms with Crippen molar-refractivity contribution in [2.75, 3.05) is 12.8 Å². The monoisotopic (exact) mass is 404 g/mol. The molecule has 30 heavy (non-hydrogen) atoms. The number of ether oxygens (including phenoxy) is 1. The third-order valence-corrected chi connectivity index (χ3v) is 5.94. The van der Waals surface area contributed by atoms with Crippen molar-refractivity contribution in [3.05, 3.63) is 53.6 Å². The number of nitrogen functional groups attached to an aromatic ring is 1. The minimum absolute atomic E-state index is 0.255. The summed E-state index contributed by atoms with van der Waals surface area (Å²) in [5.41, 5.74) is 8.51. The highest BCUT2D eigenvalue weighted by atomic mass is 16.5. The van der Waals surface area contributed by atoms with Crippen LogP contribution in [0.3, 0.4) is 0 Å². The Morgan fingerprint density at radius 2 is 1.93 bits per heavy atom. The van der Waals surface area contributed by atoms with Gasteiger partial charge in [-0.2, -0.15) is 4.52 Å². The van der Waals surface area contributed by atoms with Crippen molar-refractivity contribution in [2.45, 2.75) is 44.1 Å². The second kappa shape index (κ2) is 6.63. The number of rotatable bonds is 4. The number of anilines is 1. The van der Waals surface area contributed by atoms with Gasteiger partial charge in [-0.15, -0.1) is 5.10 Å². The average Bonchev–Trinajstić information content (AvgIpc) is 3.12. The van der Waals surface area contributed by atoms with E-state index in [1.54, 1.807) is 31.7 Å². The van der Waals surface area contributed by atoms with Gasteiger partial charge in [-0.05, 0) is 44.9 Å². The summed E-state index contributed by atoms with van der Waals surface area (Å²) in [5.74, 6) is 2.36. The lowest BCUT2D eigenvalue weighted by Crippen LogP contribution is -2.23. The van der Waals surface area contributed by atoms with E-state index < -0.39 is 5.60 Å². The van der Waals surface area contributed by atoms with Crippen molar-refractivity contribution in [1.82, 2.24) is 24.6 Å². The number of benzene rings is 1. The van der Waals surface area contributed by atoms with E-state index in [0.717, 1.165) is 35.3 Å². The number of nitrogens with two attached hydrogens (primary N) is 1. The van der Waals surface area contributed by atoms with Crippen molar-refractivity contribution in [1.29, 1.82) is 0 Å². The number of fused-ring (bicyclic) bond motifs is 3. The van der Waals surface area contributed by atoms with Gasteiger partial charge in [0, 0.05) is 34.7 Å². The van der Waals surface area contributed by atoms with Gasteiger partial charge in [-0.3, -0.25) is 4.98 Å². The molecule has 154 valence electrons. The number of methoxy groups -OCH3 is 1. The Hall–Kier alpha value is -3.26. The largest absolute Gasteiger partial charge is 0.494 e. The molecule has 0 saturated heterocycles. The number of hydrogen-bond acceptors (Lipinski definition) is 7. The molecule has 0 aliphatic heterocycles. The molecular formula is C22H24N6O2. The standard InChI is InChI=1S/C22H24N6O2/c1-22(2,29)14-7-8-16(24-11-14)12-9-13(10-12)19-26-20-15-5-4-6-17(30-3)18(15)25-21(23)28(20)27-19/h4-8,11-13,29H,9-10H2,1-3H3,(H2,23,25)/t12-,13+. The predicted octanol–water partition coefficient (Wildman–Crippen LogP) is 3.15. The van der Waals surface area contributed by atoms with Gasteiger partial charge in [0.2, 0.25) is 5.95 Å². The van der Waals surface area contributed by atoms with Crippen LogP contribution in [-0.4, -0.2) is 36.8 Å². The zero-order chi connectivity index (χ0) is 21.0. The molecule has 0 bridgehead atoms. The Morgan fingerprint density at radius 1 is 1.13 bits per heavy atom. The number of aromatic nitrogens is 5. The van der Waals surface area contributed by atoms with Crippen LogP contribution in [0.1, 0.15) is 55.6 Å². The Balaban J connectivity index is 1.42. The van der Waals surface area contributed by atoms with Crippen LogP contribution < -0.4 is 10.5 Å². The van der Waals surface area contributed by atoms with E-state index in [4.69, 9.17) is 15.5 Å². The summed E-state index contributed by atoms with van der Waals surface area (Å²) < 4.78 is 7.02. The first-order chi connectivity index (χ1) is 14.3. The predicted molar refractivity (Wildman–Crippen MR) is 113 cm³/mol. The van der Waals surface area contributed by atoms with Crippen LogP contribution in [0, 0.1) is 0 Å². The molecular weight excluding hydrogens is 380 g/mol. The average molecular weight is 404 g/mol. The van der Waals surface area contributed by atoms with Crippen molar-refractivity contribution in [3.8, 4) is 5.75 Å². The summed E-state index contributed by atoms with van der Waals surface area (Å²) in [4.78, 5) is 13.8. The highest BCUT2D eigenvalue weighted by molar-refractivity contribution is 5.95. The second-order valence-electron chi connectivity index (χ2n) is 8.43. The fourth-order valence-corrected chi connectivity index (χ4v) is 4.06. The first kappa shape index (κ1) is 18.7. The quantitative estimate of drug-likeness (QED) is 0.537. The van der Waals surface area contributed by atoms with E-state index in [1.165, 1.54) is 0 Å². The Bertz CT molecular complexity index is 1240. The molecule has 1 aliphatic rings. The summed E-state index contributed by atoms with van der Waals surface area (Å²) in [6, 6.07) is 9.68. The molecule has 3 N–H and O–H groups in total. The molecule has 1 aromatic carbocycles. The Kier molecular flexibility index (Phi) is 4.14. The van der Waals surface area contributed by atoms with Gasteiger partial charge in [-0.1, -0.05) is 12.1 Å². The summed E-state index contributed by atoms with van der Waals surface area (Å²) >= 11 is 0. The number of hydrogen-bond donors (Lipinski definition) is 2. The molecule has 3 heterocycles. The molecule has 0 spiro atoms. The molecule has 5 rings (SSSR count). The molecule has 0 amide bonds. The molecule has 0 atom stereocenters. The van der Waals surface area contributed by atoms with Crippen LogP contribution in [0.4, 0.5) is 5.95 Å². The molecule has 1 aliphatic carbocycles. The number of aliphatic hydroxyl groups is 1. The lowest BCUT2D eigenvalue weighted by Gasteiger charge is -2.33. The van der Waals surface area contributed by atoms with Crippen molar-refractivity contribution < 1.29 is 9.84 Å². The molecule has 0 unspecified atom stereocenters. The molecule has 8 heteroatoms. The van der Waals surface area contributed by atoms with Crippen LogP contribution in [0.15, 0.2) is 36.5 Å². The highest BCUT2D eigenvalue weighted by Gasteiger charge is 2.35. The maximum atomic E-state index is 10.1. The summed E-state index contributed by atoms with van der Waals surface area (Å²) in [6.07, 6.45) is 3.62. The third-order valence-electron chi connectivity index (χ3n) is 5.94. The normalized spacial score (nSPS) is 19.2. The van der Waals surface area contributed by atoms with Gasteiger partial charge >= 0.3 is 0 Å². The van der Waals surface area contributed by atoms with E-state index in [0.29, 0.717) is 28.8 Å². The van der Waals surface area contributed by atoms with Crippen molar-refractivity contribution >= 4 is 22.5 Å². The van der Waals surface area contributed by atoms with E-state index in [-0.39, 0.29) is 5.92 Å². The van der Waals surface area contributed by atoms with E-state index >= 15 is 0 Å². The highest BCUT2D eigenvalue weighted by Crippen LogP contribution is 2.46. The molecule has 1 saturated carbocycles. The molecule has 8 nitrogen and oxygen atoms in total. The van der Waals surface area contributed by atoms with Gasteiger partial charge in [0.1, 0.15) is 11.3 Å². The smallest absolute Gasteiger partial charge is 0.223 e. The van der Waals surface area contributed by atoms with Crippen LogP contribution in [0.5, 0.6) is 5.75 Å². The number of nitrogens with zero attached hydrogens (tertiary/aromatic N) is 5. The summed E-state index contributed by atoms with van der Waals surface area (Å²) in [6.45, 7) is 3.52. The summed E-state index contributed by atoms with van der Waals surface area (Å²) in [7, 11) is 1.61. The Labute approximate surface area is 173 Å². The van der Waals surface area contributed by atoms with E-state index in [9.17, 15) is 5.11 Å². The topological polar surface area (TPSA) is 111 Å². The maximum Gasteiger partial charge on any atom is 0.223 e. The molecule has 0 radical (unpaired) electrons. The first-order valence-electron chi connectivity index (χ1n) is 10.0. The second-order valence-corrected chi connectivity index (χ2v) is 8.43. The van der Waals surface area contributed by atoms with E-state index in [2.05, 4.69) is 15.1 Å². The Morgan fingerprint density at radius 3 is 2.60 bits per heavy atom. The van der Waals surface area contributed by atoms with Gasteiger partial charge in [0.15, 0.2) is 11.5 Å². The van der Waals surface area contributed by atoms with Crippen molar-refractivity contribution in [2.24, 2.45) is 0 Å². The lowest BCUT2D eigenvalue weighted by atomic mass is 9.72. The zero-order valence-electron chi connectivity index (χ0n) is 17.2. The maximum absolute atomic E-state index is 10.1.